The van der Waals surface area contributed by atoms with Gasteiger partial charge in [-0.05, 0) is 61.2 Å². The monoisotopic (exact) mass is 420 g/mol. The van der Waals surface area contributed by atoms with Crippen molar-refractivity contribution in [1.82, 2.24) is 4.31 Å². The Morgan fingerprint density at radius 2 is 2.00 bits per heavy atom. The van der Waals surface area contributed by atoms with Crippen LogP contribution in [0.4, 0.5) is 10.1 Å². The zero-order chi connectivity index (χ0) is 21.2. The van der Waals surface area contributed by atoms with Gasteiger partial charge in [0, 0.05) is 31.5 Å². The number of rotatable bonds is 5. The lowest BCUT2D eigenvalue weighted by molar-refractivity contribution is 0.0201. The number of ether oxygens (including phenoxy) is 1. The Labute approximate surface area is 170 Å². The van der Waals surface area contributed by atoms with E-state index in [1.165, 1.54) is 34.6 Å². The summed E-state index contributed by atoms with van der Waals surface area (Å²) in [5.41, 5.74) is 1.07. The second-order valence-corrected chi connectivity index (χ2v) is 9.29. The molecule has 3 rings (SSSR count). The van der Waals surface area contributed by atoms with Gasteiger partial charge in [-0.2, -0.15) is 4.31 Å². The molecule has 0 saturated carbocycles. The minimum absolute atomic E-state index is 0.0396. The number of hydrogen-bond donors (Lipinski definition) is 1. The molecule has 0 radical (unpaired) electrons. The van der Waals surface area contributed by atoms with Crippen LogP contribution in [0.15, 0.2) is 47.4 Å². The standard InChI is InChI=1S/C21H25FN2O4S/c1-14-11-17(7-8-19(14)22)23-21(25)16-5-4-6-18(12-16)29(26,27)24-10-9-20(28-3)15(2)13-24/h4-8,11-12,15,20H,9-10,13H2,1-3H3,(H,23,25). The fraction of sp³-hybridized carbons (Fsp3) is 0.381. The number of amides is 1. The van der Waals surface area contributed by atoms with Crippen LogP contribution in [0.1, 0.15) is 29.3 Å². The molecule has 1 aliphatic rings. The van der Waals surface area contributed by atoms with Gasteiger partial charge in [-0.25, -0.2) is 12.8 Å². The number of piperidine rings is 1. The van der Waals surface area contributed by atoms with Crippen molar-refractivity contribution < 1.29 is 22.3 Å². The van der Waals surface area contributed by atoms with Crippen LogP contribution in [0.2, 0.25) is 0 Å². The van der Waals surface area contributed by atoms with E-state index in [0.29, 0.717) is 30.8 Å². The van der Waals surface area contributed by atoms with Gasteiger partial charge in [-0.1, -0.05) is 13.0 Å². The molecular weight excluding hydrogens is 395 g/mol. The SMILES string of the molecule is COC1CCN(S(=O)(=O)c2cccc(C(=O)Nc3ccc(F)c(C)c3)c2)CC1C. The van der Waals surface area contributed by atoms with E-state index in [1.807, 2.05) is 6.92 Å². The number of carbonyl (C=O) groups excluding carboxylic acids is 1. The third-order valence-corrected chi connectivity index (χ3v) is 7.10. The number of carbonyl (C=O) groups is 1. The van der Waals surface area contributed by atoms with Crippen LogP contribution in [-0.2, 0) is 14.8 Å². The van der Waals surface area contributed by atoms with E-state index in [4.69, 9.17) is 4.74 Å². The molecular formula is C21H25FN2O4S. The summed E-state index contributed by atoms with van der Waals surface area (Å²) in [6.07, 6.45) is 0.666. The first-order chi connectivity index (χ1) is 13.7. The van der Waals surface area contributed by atoms with Gasteiger partial charge < -0.3 is 10.1 Å². The fourth-order valence-corrected chi connectivity index (χ4v) is 5.13. The zero-order valence-electron chi connectivity index (χ0n) is 16.7. The lowest BCUT2D eigenvalue weighted by atomic mass is 9.98. The molecule has 1 fully saturated rings. The summed E-state index contributed by atoms with van der Waals surface area (Å²) in [4.78, 5) is 12.6. The van der Waals surface area contributed by atoms with Crippen LogP contribution in [0.5, 0.6) is 0 Å². The molecule has 0 aliphatic carbocycles. The fourth-order valence-electron chi connectivity index (χ4n) is 3.53. The number of nitrogens with one attached hydrogen (secondary N) is 1. The first kappa shape index (κ1) is 21.4. The van der Waals surface area contributed by atoms with Crippen molar-refractivity contribution in [3.8, 4) is 0 Å². The largest absolute Gasteiger partial charge is 0.381 e. The maximum absolute atomic E-state index is 13.4. The van der Waals surface area contributed by atoms with Gasteiger partial charge in [0.25, 0.3) is 5.91 Å². The summed E-state index contributed by atoms with van der Waals surface area (Å²) in [7, 11) is -2.08. The van der Waals surface area contributed by atoms with Crippen LogP contribution in [0.25, 0.3) is 0 Å². The summed E-state index contributed by atoms with van der Waals surface area (Å²) in [5, 5.41) is 2.67. The molecule has 1 N–H and O–H groups in total. The van der Waals surface area contributed by atoms with Gasteiger partial charge in [0.1, 0.15) is 5.82 Å². The van der Waals surface area contributed by atoms with Crippen molar-refractivity contribution in [1.29, 1.82) is 0 Å². The van der Waals surface area contributed by atoms with Crippen molar-refractivity contribution >= 4 is 21.6 Å². The Bertz CT molecular complexity index is 1010. The molecule has 2 aromatic rings. The van der Waals surface area contributed by atoms with Crippen LogP contribution in [-0.4, -0.2) is 44.9 Å². The zero-order valence-corrected chi connectivity index (χ0v) is 17.5. The number of halogens is 1. The van der Waals surface area contributed by atoms with Crippen molar-refractivity contribution in [2.24, 2.45) is 5.92 Å². The molecule has 0 aromatic heterocycles. The van der Waals surface area contributed by atoms with E-state index < -0.39 is 15.9 Å². The lowest BCUT2D eigenvalue weighted by Gasteiger charge is -2.35. The van der Waals surface area contributed by atoms with Crippen LogP contribution in [0.3, 0.4) is 0 Å². The number of methoxy groups -OCH3 is 1. The molecule has 6 nitrogen and oxygen atoms in total. The Hall–Kier alpha value is -2.29. The average molecular weight is 421 g/mol. The molecule has 1 heterocycles. The lowest BCUT2D eigenvalue weighted by Crippen LogP contribution is -2.45. The normalized spacial score (nSPS) is 20.4. The smallest absolute Gasteiger partial charge is 0.255 e. The number of benzene rings is 2. The van der Waals surface area contributed by atoms with Crippen LogP contribution >= 0.6 is 0 Å². The number of sulfonamides is 1. The van der Waals surface area contributed by atoms with E-state index in [-0.39, 0.29) is 28.3 Å². The van der Waals surface area contributed by atoms with Gasteiger partial charge in [-0.15, -0.1) is 0 Å². The quantitative estimate of drug-likeness (QED) is 0.804. The van der Waals surface area contributed by atoms with Gasteiger partial charge in [0.05, 0.1) is 11.0 Å². The molecule has 2 atom stereocenters. The first-order valence-electron chi connectivity index (χ1n) is 9.43. The predicted molar refractivity (Wildman–Crippen MR) is 109 cm³/mol. The Kier molecular flexibility index (Phi) is 6.36. The number of nitrogens with zero attached hydrogens (tertiary/aromatic N) is 1. The van der Waals surface area contributed by atoms with E-state index in [1.54, 1.807) is 26.2 Å². The molecule has 1 amide bonds. The predicted octanol–water partition coefficient (Wildman–Crippen LogP) is 3.43. The van der Waals surface area contributed by atoms with Crippen molar-refractivity contribution in [3.05, 3.63) is 59.4 Å². The third kappa shape index (κ3) is 4.66. The minimum atomic E-state index is -3.72. The van der Waals surface area contributed by atoms with Crippen LogP contribution in [0, 0.1) is 18.7 Å². The van der Waals surface area contributed by atoms with Gasteiger partial charge >= 0.3 is 0 Å². The minimum Gasteiger partial charge on any atom is -0.381 e. The number of anilines is 1. The molecule has 1 saturated heterocycles. The molecule has 29 heavy (non-hydrogen) atoms. The average Bonchev–Trinajstić information content (AvgIpc) is 2.70. The Balaban J connectivity index is 1.79. The highest BCUT2D eigenvalue weighted by atomic mass is 32.2. The second kappa shape index (κ2) is 8.61. The third-order valence-electron chi connectivity index (χ3n) is 5.24. The molecule has 1 aliphatic heterocycles. The molecule has 2 unspecified atom stereocenters. The summed E-state index contributed by atoms with van der Waals surface area (Å²) in [5.74, 6) is -0.737. The number of hydrogen-bond acceptors (Lipinski definition) is 4. The number of aryl methyl sites for hydroxylation is 1. The van der Waals surface area contributed by atoms with Crippen LogP contribution < -0.4 is 5.32 Å². The summed E-state index contributed by atoms with van der Waals surface area (Å²) in [6, 6.07) is 10.2. The second-order valence-electron chi connectivity index (χ2n) is 7.35. The molecule has 0 spiro atoms. The van der Waals surface area contributed by atoms with Crippen molar-refractivity contribution in [2.75, 3.05) is 25.5 Å². The topological polar surface area (TPSA) is 75.7 Å². The molecule has 8 heteroatoms. The Morgan fingerprint density at radius 3 is 2.66 bits per heavy atom. The molecule has 0 bridgehead atoms. The highest BCUT2D eigenvalue weighted by Gasteiger charge is 2.33. The van der Waals surface area contributed by atoms with Crippen molar-refractivity contribution in [3.63, 3.8) is 0 Å². The van der Waals surface area contributed by atoms with Gasteiger partial charge in [0.15, 0.2) is 0 Å². The van der Waals surface area contributed by atoms with Gasteiger partial charge in [-0.3, -0.25) is 4.79 Å². The van der Waals surface area contributed by atoms with Crippen molar-refractivity contribution in [2.45, 2.75) is 31.3 Å². The summed E-state index contributed by atoms with van der Waals surface area (Å²) >= 11 is 0. The highest BCUT2D eigenvalue weighted by Crippen LogP contribution is 2.26. The van der Waals surface area contributed by atoms with E-state index in [0.717, 1.165) is 0 Å². The van der Waals surface area contributed by atoms with E-state index in [9.17, 15) is 17.6 Å². The van der Waals surface area contributed by atoms with E-state index in [2.05, 4.69) is 5.32 Å². The molecule has 156 valence electrons. The van der Waals surface area contributed by atoms with Gasteiger partial charge in [0.2, 0.25) is 10.0 Å². The molecule has 2 aromatic carbocycles. The first-order valence-corrected chi connectivity index (χ1v) is 10.9. The summed E-state index contributed by atoms with van der Waals surface area (Å²) in [6.45, 7) is 4.30. The maximum Gasteiger partial charge on any atom is 0.255 e. The van der Waals surface area contributed by atoms with E-state index >= 15 is 0 Å². The Morgan fingerprint density at radius 1 is 1.24 bits per heavy atom. The highest BCUT2D eigenvalue weighted by molar-refractivity contribution is 7.89. The maximum atomic E-state index is 13.4. The summed E-state index contributed by atoms with van der Waals surface area (Å²) < 4.78 is 46.3.